The van der Waals surface area contributed by atoms with Gasteiger partial charge in [0.1, 0.15) is 11.5 Å². The van der Waals surface area contributed by atoms with Crippen molar-refractivity contribution in [3.05, 3.63) is 65.5 Å². The Bertz CT molecular complexity index is 827. The third-order valence-corrected chi connectivity index (χ3v) is 4.31. The summed E-state index contributed by atoms with van der Waals surface area (Å²) in [4.78, 5) is 29.2. The van der Waals surface area contributed by atoms with Gasteiger partial charge in [0.25, 0.3) is 11.8 Å². The summed E-state index contributed by atoms with van der Waals surface area (Å²) in [5, 5.41) is 5.50. The van der Waals surface area contributed by atoms with Crippen LogP contribution in [0.4, 0.5) is 4.39 Å². The fourth-order valence-corrected chi connectivity index (χ4v) is 3.01. The Kier molecular flexibility index (Phi) is 5.46. The molecule has 26 heavy (non-hydrogen) atoms. The predicted octanol–water partition coefficient (Wildman–Crippen LogP) is 2.20. The summed E-state index contributed by atoms with van der Waals surface area (Å²) in [5.41, 5.74) is 1.89. The summed E-state index contributed by atoms with van der Waals surface area (Å²) >= 11 is 0. The Morgan fingerprint density at radius 1 is 1.19 bits per heavy atom. The molecule has 0 fully saturated rings. The van der Waals surface area contributed by atoms with E-state index in [-0.39, 0.29) is 30.0 Å². The molecule has 2 heterocycles. The fraction of sp³-hybridized carbons (Fsp3) is 0.316. The summed E-state index contributed by atoms with van der Waals surface area (Å²) in [5.74, 6) is -0.725. The first-order chi connectivity index (χ1) is 12.6. The van der Waals surface area contributed by atoms with Gasteiger partial charge in [-0.25, -0.2) is 9.37 Å². The largest absolute Gasteiger partial charge is 0.347 e. The topological polar surface area (TPSA) is 76.0 Å². The van der Waals surface area contributed by atoms with Crippen LogP contribution in [0.1, 0.15) is 45.2 Å². The monoisotopic (exact) mass is 356 g/mol. The van der Waals surface area contributed by atoms with Crippen molar-refractivity contribution in [3.63, 3.8) is 0 Å². The molecule has 0 unspecified atom stereocenters. The highest BCUT2D eigenvalue weighted by atomic mass is 19.1. The van der Waals surface area contributed by atoms with Gasteiger partial charge in [-0.1, -0.05) is 18.2 Å². The zero-order valence-corrected chi connectivity index (χ0v) is 14.4. The van der Waals surface area contributed by atoms with Crippen molar-refractivity contribution in [1.82, 2.24) is 20.2 Å². The van der Waals surface area contributed by atoms with Crippen LogP contribution in [0.2, 0.25) is 0 Å². The first kappa shape index (κ1) is 17.8. The zero-order valence-electron chi connectivity index (χ0n) is 14.4. The van der Waals surface area contributed by atoms with Crippen molar-refractivity contribution in [1.29, 1.82) is 0 Å². The minimum absolute atomic E-state index is 0.241. The molecule has 7 heteroatoms. The lowest BCUT2D eigenvalue weighted by molar-refractivity contribution is 0.0935. The summed E-state index contributed by atoms with van der Waals surface area (Å²) in [6, 6.07) is 5.93. The highest BCUT2D eigenvalue weighted by Gasteiger charge is 2.27. The highest BCUT2D eigenvalue weighted by Crippen LogP contribution is 2.21. The third-order valence-electron chi connectivity index (χ3n) is 4.31. The van der Waals surface area contributed by atoms with Crippen molar-refractivity contribution in [2.75, 3.05) is 6.54 Å². The molecule has 1 aromatic carbocycles. The van der Waals surface area contributed by atoms with Crippen LogP contribution in [0.3, 0.4) is 0 Å². The molecule has 0 bridgehead atoms. The molecule has 2 amide bonds. The molecule has 136 valence electrons. The standard InChI is InChI=1S/C19H21FN4O2/c1-2-10-21-18(25)16-15-5-3-4-11-24(15)17(23-16)19(26)22-12-13-6-8-14(20)9-7-13/h2,6-9H,1,3-5,10-12H2,(H,21,25)(H,22,26). The van der Waals surface area contributed by atoms with Crippen molar-refractivity contribution in [3.8, 4) is 0 Å². The highest BCUT2D eigenvalue weighted by molar-refractivity contribution is 5.97. The second kappa shape index (κ2) is 7.95. The quantitative estimate of drug-likeness (QED) is 0.779. The molecule has 2 N–H and O–H groups in total. The molecular formula is C19H21FN4O2. The number of hydrogen-bond acceptors (Lipinski definition) is 3. The Labute approximate surface area is 151 Å². The van der Waals surface area contributed by atoms with Crippen LogP contribution in [0.15, 0.2) is 36.9 Å². The molecule has 0 atom stereocenters. The maximum absolute atomic E-state index is 13.0. The third kappa shape index (κ3) is 3.82. The number of aromatic nitrogens is 2. The van der Waals surface area contributed by atoms with Crippen LogP contribution in [-0.4, -0.2) is 27.9 Å². The molecule has 0 aliphatic carbocycles. The number of amides is 2. The van der Waals surface area contributed by atoms with E-state index in [0.717, 1.165) is 30.5 Å². The Balaban J connectivity index is 1.78. The van der Waals surface area contributed by atoms with Gasteiger partial charge >= 0.3 is 0 Å². The SMILES string of the molecule is C=CCNC(=O)c1nc(C(=O)NCc2ccc(F)cc2)n2c1CCCC2. The van der Waals surface area contributed by atoms with Gasteiger partial charge in [-0.3, -0.25) is 9.59 Å². The Morgan fingerprint density at radius 3 is 2.69 bits per heavy atom. The number of carbonyl (C=O) groups is 2. The average molecular weight is 356 g/mol. The predicted molar refractivity (Wildman–Crippen MR) is 95.3 cm³/mol. The first-order valence-corrected chi connectivity index (χ1v) is 8.61. The minimum atomic E-state index is -0.347. The number of halogens is 1. The number of hydrogen-bond donors (Lipinski definition) is 2. The van der Waals surface area contributed by atoms with Crippen LogP contribution >= 0.6 is 0 Å². The van der Waals surface area contributed by atoms with E-state index in [9.17, 15) is 14.0 Å². The van der Waals surface area contributed by atoms with Gasteiger partial charge in [0, 0.05) is 19.6 Å². The van der Waals surface area contributed by atoms with Gasteiger partial charge < -0.3 is 15.2 Å². The molecule has 6 nitrogen and oxygen atoms in total. The summed E-state index contributed by atoms with van der Waals surface area (Å²) < 4.78 is 14.8. The van der Waals surface area contributed by atoms with E-state index < -0.39 is 0 Å². The van der Waals surface area contributed by atoms with Crippen LogP contribution in [0.5, 0.6) is 0 Å². The van der Waals surface area contributed by atoms with Gasteiger partial charge in [0.15, 0.2) is 5.82 Å². The Hall–Kier alpha value is -2.96. The maximum atomic E-state index is 13.0. The van der Waals surface area contributed by atoms with E-state index in [1.54, 1.807) is 18.2 Å². The van der Waals surface area contributed by atoms with Gasteiger partial charge in [0.2, 0.25) is 0 Å². The second-order valence-electron chi connectivity index (χ2n) is 6.15. The zero-order chi connectivity index (χ0) is 18.5. The van der Waals surface area contributed by atoms with Gasteiger partial charge in [0.05, 0.1) is 5.69 Å². The lowest BCUT2D eigenvalue weighted by Crippen LogP contribution is -2.27. The second-order valence-corrected chi connectivity index (χ2v) is 6.15. The van der Waals surface area contributed by atoms with E-state index in [2.05, 4.69) is 22.2 Å². The number of fused-ring (bicyclic) bond motifs is 1. The van der Waals surface area contributed by atoms with Gasteiger partial charge in [-0.2, -0.15) is 0 Å². The van der Waals surface area contributed by atoms with E-state index in [0.29, 0.717) is 18.8 Å². The van der Waals surface area contributed by atoms with Crippen molar-refractivity contribution in [2.24, 2.45) is 0 Å². The summed E-state index contributed by atoms with van der Waals surface area (Å²) in [7, 11) is 0. The van der Waals surface area contributed by atoms with Crippen molar-refractivity contribution in [2.45, 2.75) is 32.4 Å². The van der Waals surface area contributed by atoms with Gasteiger partial charge in [-0.05, 0) is 37.0 Å². The minimum Gasteiger partial charge on any atom is -0.347 e. The molecule has 0 spiro atoms. The number of rotatable bonds is 6. The average Bonchev–Trinajstić information content (AvgIpc) is 3.05. The van der Waals surface area contributed by atoms with Crippen LogP contribution in [0.25, 0.3) is 0 Å². The normalized spacial score (nSPS) is 13.0. The van der Waals surface area contributed by atoms with Crippen LogP contribution < -0.4 is 10.6 Å². The van der Waals surface area contributed by atoms with Crippen LogP contribution in [0, 0.1) is 5.82 Å². The molecule has 1 aliphatic rings. The van der Waals surface area contributed by atoms with E-state index in [1.807, 2.05) is 4.57 Å². The molecule has 1 aliphatic heterocycles. The fourth-order valence-electron chi connectivity index (χ4n) is 3.01. The van der Waals surface area contributed by atoms with E-state index in [1.165, 1.54) is 12.1 Å². The molecule has 3 rings (SSSR count). The summed E-state index contributed by atoms with van der Waals surface area (Å²) in [6.45, 7) is 4.85. The number of nitrogens with one attached hydrogen (secondary N) is 2. The van der Waals surface area contributed by atoms with E-state index >= 15 is 0 Å². The number of imidazole rings is 1. The van der Waals surface area contributed by atoms with Crippen molar-refractivity contribution >= 4 is 11.8 Å². The summed E-state index contributed by atoms with van der Waals surface area (Å²) in [6.07, 6.45) is 4.21. The number of nitrogens with zero attached hydrogens (tertiary/aromatic N) is 2. The lowest BCUT2D eigenvalue weighted by Gasteiger charge is -2.17. The molecule has 0 saturated carbocycles. The first-order valence-electron chi connectivity index (χ1n) is 8.61. The van der Waals surface area contributed by atoms with Gasteiger partial charge in [-0.15, -0.1) is 6.58 Å². The Morgan fingerprint density at radius 2 is 1.96 bits per heavy atom. The molecule has 0 radical (unpaired) electrons. The molecule has 2 aromatic rings. The van der Waals surface area contributed by atoms with Crippen molar-refractivity contribution < 1.29 is 14.0 Å². The number of benzene rings is 1. The molecular weight excluding hydrogens is 335 g/mol. The van der Waals surface area contributed by atoms with Crippen LogP contribution in [-0.2, 0) is 19.5 Å². The number of carbonyl (C=O) groups excluding carboxylic acids is 2. The molecule has 1 aromatic heterocycles. The lowest BCUT2D eigenvalue weighted by atomic mass is 10.1. The molecule has 0 saturated heterocycles. The smallest absolute Gasteiger partial charge is 0.287 e. The van der Waals surface area contributed by atoms with E-state index in [4.69, 9.17) is 0 Å². The maximum Gasteiger partial charge on any atom is 0.287 e.